The fourth-order valence-electron chi connectivity index (χ4n) is 2.67. The molecule has 8 heteroatoms. The topological polar surface area (TPSA) is 91.3 Å². The molecule has 0 heterocycles. The predicted molar refractivity (Wildman–Crippen MR) is 122 cm³/mol. The van der Waals surface area contributed by atoms with Crippen molar-refractivity contribution in [2.75, 3.05) is 32.8 Å². The Hall–Kier alpha value is -2.32. The van der Waals surface area contributed by atoms with Crippen LogP contribution in [0.4, 0.5) is 0 Å². The molecule has 0 saturated carbocycles. The lowest BCUT2D eigenvalue weighted by Crippen LogP contribution is -2.32. The van der Waals surface area contributed by atoms with Gasteiger partial charge in [0.1, 0.15) is 24.2 Å². The van der Waals surface area contributed by atoms with Crippen LogP contribution < -0.4 is 14.8 Å². The summed E-state index contributed by atoms with van der Waals surface area (Å²) in [6.07, 6.45) is 1.87. The zero-order chi connectivity index (χ0) is 21.6. The Morgan fingerprint density at radius 1 is 1.06 bits per heavy atom. The number of para-hydroxylation sites is 1. The number of halogens is 1. The van der Waals surface area contributed by atoms with E-state index in [9.17, 15) is 15.1 Å². The van der Waals surface area contributed by atoms with Gasteiger partial charge in [0, 0.05) is 13.1 Å². The molecule has 0 spiro atoms. The third-order valence-electron chi connectivity index (χ3n) is 4.45. The average Bonchev–Trinajstić information content (AvgIpc) is 2.78. The van der Waals surface area contributed by atoms with Crippen molar-refractivity contribution < 1.29 is 24.6 Å². The molecule has 1 unspecified atom stereocenters. The Bertz CT molecular complexity index is 731. The van der Waals surface area contributed by atoms with E-state index in [2.05, 4.69) is 5.32 Å². The highest BCUT2D eigenvalue weighted by molar-refractivity contribution is 5.85. The Balaban J connectivity index is 0.00000480. The summed E-state index contributed by atoms with van der Waals surface area (Å²) >= 11 is 0. The molecule has 0 aliphatic carbocycles. The van der Waals surface area contributed by atoms with Crippen molar-refractivity contribution in [1.29, 1.82) is 0 Å². The van der Waals surface area contributed by atoms with Gasteiger partial charge in [-0.05, 0) is 49.2 Å². The van der Waals surface area contributed by atoms with Gasteiger partial charge < -0.3 is 19.9 Å². The number of hydroxylamine groups is 2. The summed E-state index contributed by atoms with van der Waals surface area (Å²) in [5.74, 6) is 0.872. The monoisotopic (exact) mass is 452 g/mol. The van der Waals surface area contributed by atoms with E-state index in [0.29, 0.717) is 23.9 Å². The molecule has 0 saturated heterocycles. The molecule has 3 N–H and O–H groups in total. The fraction of sp³-hybridized carbons (Fsp3) is 0.435. The van der Waals surface area contributed by atoms with Crippen LogP contribution in [-0.2, 0) is 11.2 Å². The first-order valence-electron chi connectivity index (χ1n) is 10.4. The highest BCUT2D eigenvalue weighted by Crippen LogP contribution is 2.13. The van der Waals surface area contributed by atoms with Crippen molar-refractivity contribution >= 4 is 18.3 Å². The van der Waals surface area contributed by atoms with Gasteiger partial charge in [-0.1, -0.05) is 43.7 Å². The molecule has 1 amide bonds. The summed E-state index contributed by atoms with van der Waals surface area (Å²) in [7, 11) is 0. The van der Waals surface area contributed by atoms with Gasteiger partial charge in [0.05, 0.1) is 0 Å². The lowest BCUT2D eigenvalue weighted by Gasteiger charge is -2.15. The van der Waals surface area contributed by atoms with Crippen LogP contribution >= 0.6 is 12.4 Å². The molecule has 0 radical (unpaired) electrons. The third kappa shape index (κ3) is 11.0. The van der Waals surface area contributed by atoms with Gasteiger partial charge in [-0.3, -0.25) is 10.0 Å². The summed E-state index contributed by atoms with van der Waals surface area (Å²) < 4.78 is 11.0. The summed E-state index contributed by atoms with van der Waals surface area (Å²) in [5, 5.41) is 23.5. The van der Waals surface area contributed by atoms with Crippen molar-refractivity contribution in [3.8, 4) is 11.5 Å². The maximum atomic E-state index is 11.8. The van der Waals surface area contributed by atoms with E-state index in [1.54, 1.807) is 12.1 Å². The molecule has 1 atom stereocenters. The molecule has 172 valence electrons. The lowest BCUT2D eigenvalue weighted by molar-refractivity contribution is -0.167. The van der Waals surface area contributed by atoms with Crippen LogP contribution in [0.2, 0.25) is 0 Å². The summed E-state index contributed by atoms with van der Waals surface area (Å²) in [6, 6.07) is 16.9. The maximum absolute atomic E-state index is 11.8. The van der Waals surface area contributed by atoms with Crippen molar-refractivity contribution in [3.63, 3.8) is 0 Å². The average molecular weight is 453 g/mol. The van der Waals surface area contributed by atoms with Crippen molar-refractivity contribution in [2.24, 2.45) is 0 Å². The van der Waals surface area contributed by atoms with E-state index in [-0.39, 0.29) is 25.6 Å². The number of nitrogens with zero attached hydrogens (tertiary/aromatic N) is 1. The number of benzene rings is 2. The van der Waals surface area contributed by atoms with E-state index in [1.807, 2.05) is 49.4 Å². The highest BCUT2D eigenvalue weighted by Gasteiger charge is 2.11. The van der Waals surface area contributed by atoms with Gasteiger partial charge in [0.2, 0.25) is 0 Å². The Labute approximate surface area is 190 Å². The molecule has 0 bridgehead atoms. The number of rotatable bonds is 14. The van der Waals surface area contributed by atoms with E-state index < -0.39 is 12.0 Å². The molecule has 0 fully saturated rings. The number of aliphatic hydroxyl groups excluding tert-OH is 1. The van der Waals surface area contributed by atoms with Crippen LogP contribution in [-0.4, -0.2) is 60.2 Å². The lowest BCUT2D eigenvalue weighted by atomic mass is 10.1. The number of hydrogen-bond acceptors (Lipinski definition) is 6. The second-order valence-electron chi connectivity index (χ2n) is 7.04. The van der Waals surface area contributed by atoms with Crippen molar-refractivity contribution in [3.05, 3.63) is 60.2 Å². The quantitative estimate of drug-likeness (QED) is 0.232. The molecular formula is C23H33ClN2O5. The number of nitrogens with one attached hydrogen (secondary N) is 1. The number of amides is 1. The summed E-state index contributed by atoms with van der Waals surface area (Å²) in [4.78, 5) is 11.8. The minimum absolute atomic E-state index is 0. The zero-order valence-corrected chi connectivity index (χ0v) is 18.7. The highest BCUT2D eigenvalue weighted by atomic mass is 35.5. The summed E-state index contributed by atoms with van der Waals surface area (Å²) in [5.41, 5.74) is 1.11. The maximum Gasteiger partial charge on any atom is 0.283 e. The van der Waals surface area contributed by atoms with E-state index in [4.69, 9.17) is 9.47 Å². The minimum Gasteiger partial charge on any atom is -0.491 e. The smallest absolute Gasteiger partial charge is 0.283 e. The molecule has 2 rings (SSSR count). The number of hydrogen-bond donors (Lipinski definition) is 3. The van der Waals surface area contributed by atoms with Gasteiger partial charge in [-0.15, -0.1) is 12.4 Å². The molecule has 0 aromatic heterocycles. The number of aliphatic hydroxyl groups is 1. The van der Waals surface area contributed by atoms with Crippen LogP contribution in [0.1, 0.15) is 25.3 Å². The van der Waals surface area contributed by atoms with Gasteiger partial charge in [0.15, 0.2) is 6.61 Å². The molecule has 0 aliphatic rings. The van der Waals surface area contributed by atoms with Crippen LogP contribution in [0.5, 0.6) is 11.5 Å². The van der Waals surface area contributed by atoms with E-state index in [0.717, 1.165) is 37.1 Å². The molecule has 2 aromatic rings. The molecule has 31 heavy (non-hydrogen) atoms. The summed E-state index contributed by atoms with van der Waals surface area (Å²) in [6.45, 7) is 3.53. The fourth-order valence-corrected chi connectivity index (χ4v) is 2.67. The van der Waals surface area contributed by atoms with Crippen molar-refractivity contribution in [1.82, 2.24) is 10.4 Å². The second kappa shape index (κ2) is 15.5. The minimum atomic E-state index is -0.582. The standard InChI is InChI=1S/C23H32N2O5.ClH/c1-2-3-15-25(28)23(27)18-30-22-11-9-19(10-12-22)13-14-24-16-20(26)17-29-21-7-5-4-6-8-21;/h4-12,20,24,26,28H,2-3,13-18H2,1H3;1H. The van der Waals surface area contributed by atoms with Gasteiger partial charge in [-0.25, -0.2) is 5.06 Å². The molecule has 7 nitrogen and oxygen atoms in total. The van der Waals surface area contributed by atoms with Crippen molar-refractivity contribution in [2.45, 2.75) is 32.3 Å². The molecule has 0 aliphatic heterocycles. The largest absolute Gasteiger partial charge is 0.491 e. The Morgan fingerprint density at radius 3 is 2.42 bits per heavy atom. The molecule has 2 aromatic carbocycles. The normalized spacial score (nSPS) is 11.3. The first kappa shape index (κ1) is 26.7. The SMILES string of the molecule is CCCCN(O)C(=O)COc1ccc(CCNCC(O)COc2ccccc2)cc1.Cl. The number of unbranched alkanes of at least 4 members (excludes halogenated alkanes) is 1. The van der Waals surface area contributed by atoms with Gasteiger partial charge in [-0.2, -0.15) is 0 Å². The predicted octanol–water partition coefficient (Wildman–Crippen LogP) is 3.08. The van der Waals surface area contributed by atoms with Crippen LogP contribution in [0.25, 0.3) is 0 Å². The number of ether oxygens (including phenoxy) is 2. The number of carbonyl (C=O) groups is 1. The van der Waals surface area contributed by atoms with Gasteiger partial charge >= 0.3 is 0 Å². The zero-order valence-electron chi connectivity index (χ0n) is 17.9. The van der Waals surface area contributed by atoms with E-state index in [1.165, 1.54) is 0 Å². The van der Waals surface area contributed by atoms with Crippen LogP contribution in [0.3, 0.4) is 0 Å². The molecular weight excluding hydrogens is 420 g/mol. The first-order chi connectivity index (χ1) is 14.6. The van der Waals surface area contributed by atoms with Crippen LogP contribution in [0, 0.1) is 0 Å². The third-order valence-corrected chi connectivity index (χ3v) is 4.45. The Morgan fingerprint density at radius 2 is 1.74 bits per heavy atom. The number of carbonyl (C=O) groups excluding carboxylic acids is 1. The first-order valence-corrected chi connectivity index (χ1v) is 10.4. The second-order valence-corrected chi connectivity index (χ2v) is 7.04. The van der Waals surface area contributed by atoms with Gasteiger partial charge in [0.25, 0.3) is 5.91 Å². The Kier molecular flexibility index (Phi) is 13.3. The van der Waals surface area contributed by atoms with E-state index >= 15 is 0 Å². The van der Waals surface area contributed by atoms with Crippen LogP contribution in [0.15, 0.2) is 54.6 Å².